The molecule has 2 rings (SSSR count). The molecular formula is C10H8N2O5. The number of hydrogen-bond donors (Lipinski definition) is 0. The molecule has 0 fully saturated rings. The molecule has 7 heteroatoms. The molecule has 7 nitrogen and oxygen atoms in total. The van der Waals surface area contributed by atoms with Crippen molar-refractivity contribution in [3.05, 3.63) is 39.4 Å². The summed E-state index contributed by atoms with van der Waals surface area (Å²) >= 11 is 0. The summed E-state index contributed by atoms with van der Waals surface area (Å²) in [6.45, 7) is 0. The van der Waals surface area contributed by atoms with Crippen molar-refractivity contribution in [2.24, 2.45) is 0 Å². The number of nitro groups is 1. The molecule has 88 valence electrons. The predicted octanol–water partition coefficient (Wildman–Crippen LogP) is 0.681. The summed E-state index contributed by atoms with van der Waals surface area (Å²) in [5, 5.41) is 11.2. The molecule has 0 saturated carbocycles. The average Bonchev–Trinajstić information content (AvgIpc) is 2.29. The summed E-state index contributed by atoms with van der Waals surface area (Å²) in [5.41, 5.74) is 0.405. The molecule has 1 aromatic carbocycles. The van der Waals surface area contributed by atoms with Gasteiger partial charge in [-0.3, -0.25) is 24.5 Å². The normalized spacial score (nSPS) is 14.8. The minimum absolute atomic E-state index is 0.00704. The number of carbonyl (C=O) groups excluding carboxylic acids is 2. The summed E-state index contributed by atoms with van der Waals surface area (Å²) in [6, 6.07) is 3.83. The lowest BCUT2D eigenvalue weighted by Crippen LogP contribution is -2.41. The highest BCUT2D eigenvalue weighted by atomic mass is 16.7. The summed E-state index contributed by atoms with van der Waals surface area (Å²) in [5.74, 6) is -1.17. The van der Waals surface area contributed by atoms with Crippen LogP contribution in [0.4, 0.5) is 5.69 Å². The first kappa shape index (κ1) is 11.2. The number of imide groups is 1. The maximum Gasteiger partial charge on any atom is 0.285 e. The van der Waals surface area contributed by atoms with E-state index in [2.05, 4.69) is 4.84 Å². The third-order valence-corrected chi connectivity index (χ3v) is 2.47. The Morgan fingerprint density at radius 3 is 2.71 bits per heavy atom. The molecule has 0 aromatic heterocycles. The summed E-state index contributed by atoms with van der Waals surface area (Å²) < 4.78 is 0. The Labute approximate surface area is 95.7 Å². The van der Waals surface area contributed by atoms with Gasteiger partial charge in [-0.05, 0) is 5.56 Å². The van der Waals surface area contributed by atoms with Crippen molar-refractivity contribution >= 4 is 17.5 Å². The Morgan fingerprint density at radius 2 is 2.12 bits per heavy atom. The molecule has 0 spiro atoms. The molecule has 1 aromatic rings. The summed E-state index contributed by atoms with van der Waals surface area (Å²) in [4.78, 5) is 37.9. The number of amides is 2. The van der Waals surface area contributed by atoms with Gasteiger partial charge in [-0.15, -0.1) is 5.06 Å². The van der Waals surface area contributed by atoms with Crippen LogP contribution in [0, 0.1) is 10.1 Å². The van der Waals surface area contributed by atoms with Crippen molar-refractivity contribution in [1.29, 1.82) is 0 Å². The van der Waals surface area contributed by atoms with Crippen LogP contribution < -0.4 is 0 Å². The lowest BCUT2D eigenvalue weighted by molar-refractivity contribution is -0.384. The highest BCUT2D eigenvalue weighted by Gasteiger charge is 2.32. The molecule has 0 N–H and O–H groups in total. The van der Waals surface area contributed by atoms with Gasteiger partial charge in [0.15, 0.2) is 0 Å². The predicted molar refractivity (Wildman–Crippen MR) is 55.0 cm³/mol. The summed E-state index contributed by atoms with van der Waals surface area (Å²) in [6.07, 6.45) is -0.00704. The maximum atomic E-state index is 11.8. The van der Waals surface area contributed by atoms with Crippen LogP contribution in [-0.4, -0.2) is 28.9 Å². The number of fused-ring (bicyclic) bond motifs is 1. The van der Waals surface area contributed by atoms with E-state index in [9.17, 15) is 19.7 Å². The van der Waals surface area contributed by atoms with Crippen LogP contribution in [0.15, 0.2) is 18.2 Å². The Kier molecular flexibility index (Phi) is 2.60. The first-order valence-corrected chi connectivity index (χ1v) is 4.73. The molecule has 17 heavy (non-hydrogen) atoms. The SMILES string of the molecule is CON1C(=O)Cc2ccc([N+](=O)[O-])cc2C1=O. The van der Waals surface area contributed by atoms with E-state index in [0.29, 0.717) is 10.6 Å². The van der Waals surface area contributed by atoms with Gasteiger partial charge in [-0.25, -0.2) is 0 Å². The van der Waals surface area contributed by atoms with Crippen LogP contribution in [0.5, 0.6) is 0 Å². The molecule has 0 radical (unpaired) electrons. The maximum absolute atomic E-state index is 11.8. The highest BCUT2D eigenvalue weighted by Crippen LogP contribution is 2.24. The Balaban J connectivity index is 2.51. The zero-order valence-corrected chi connectivity index (χ0v) is 8.87. The van der Waals surface area contributed by atoms with E-state index >= 15 is 0 Å². The van der Waals surface area contributed by atoms with Crippen molar-refractivity contribution in [2.45, 2.75) is 6.42 Å². The second kappa shape index (κ2) is 3.95. The standard InChI is InChI=1S/C10H8N2O5/c1-17-11-9(13)4-6-2-3-7(12(15)16)5-8(6)10(11)14/h2-3,5H,4H2,1H3. The first-order chi connectivity index (χ1) is 8.04. The van der Waals surface area contributed by atoms with E-state index in [0.717, 1.165) is 6.07 Å². The average molecular weight is 236 g/mol. The van der Waals surface area contributed by atoms with Crippen LogP contribution >= 0.6 is 0 Å². The first-order valence-electron chi connectivity index (χ1n) is 4.73. The van der Waals surface area contributed by atoms with Gasteiger partial charge in [0.25, 0.3) is 17.5 Å². The van der Waals surface area contributed by atoms with E-state index in [-0.39, 0.29) is 17.7 Å². The summed E-state index contributed by atoms with van der Waals surface area (Å²) in [7, 11) is 1.19. The fourth-order valence-corrected chi connectivity index (χ4v) is 1.67. The third-order valence-electron chi connectivity index (χ3n) is 2.47. The second-order valence-corrected chi connectivity index (χ2v) is 3.45. The van der Waals surface area contributed by atoms with Gasteiger partial charge < -0.3 is 0 Å². The molecule has 0 bridgehead atoms. The topological polar surface area (TPSA) is 89.8 Å². The van der Waals surface area contributed by atoms with E-state index in [1.165, 1.54) is 19.2 Å². The monoisotopic (exact) mass is 236 g/mol. The van der Waals surface area contributed by atoms with Crippen molar-refractivity contribution in [1.82, 2.24) is 5.06 Å². The molecule has 0 saturated heterocycles. The fourth-order valence-electron chi connectivity index (χ4n) is 1.67. The number of rotatable bonds is 2. The van der Waals surface area contributed by atoms with Crippen molar-refractivity contribution in [3.63, 3.8) is 0 Å². The lowest BCUT2D eigenvalue weighted by Gasteiger charge is -2.23. The van der Waals surface area contributed by atoms with E-state index in [4.69, 9.17) is 0 Å². The molecule has 2 amide bonds. The number of nitro benzene ring substituents is 1. The quantitative estimate of drug-likeness (QED) is 0.428. The highest BCUT2D eigenvalue weighted by molar-refractivity contribution is 6.09. The zero-order valence-electron chi connectivity index (χ0n) is 8.87. The van der Waals surface area contributed by atoms with Crippen LogP contribution in [0.25, 0.3) is 0 Å². The number of benzene rings is 1. The van der Waals surface area contributed by atoms with Crippen molar-refractivity contribution in [3.8, 4) is 0 Å². The van der Waals surface area contributed by atoms with E-state index < -0.39 is 16.7 Å². The number of carbonyl (C=O) groups is 2. The minimum Gasteiger partial charge on any atom is -0.272 e. The van der Waals surface area contributed by atoms with Crippen molar-refractivity contribution < 1.29 is 19.3 Å². The van der Waals surface area contributed by atoms with E-state index in [1.807, 2.05) is 0 Å². The fraction of sp³-hybridized carbons (Fsp3) is 0.200. The third kappa shape index (κ3) is 1.76. The number of hydrogen-bond acceptors (Lipinski definition) is 5. The van der Waals surface area contributed by atoms with Gasteiger partial charge in [-0.2, -0.15) is 0 Å². The number of non-ortho nitro benzene ring substituents is 1. The van der Waals surface area contributed by atoms with Crippen LogP contribution in [0.3, 0.4) is 0 Å². The molecule has 1 heterocycles. The molecule has 1 aliphatic heterocycles. The Bertz CT molecular complexity index is 525. The Morgan fingerprint density at radius 1 is 1.41 bits per heavy atom. The van der Waals surface area contributed by atoms with Crippen LogP contribution in [0.1, 0.15) is 15.9 Å². The van der Waals surface area contributed by atoms with Gasteiger partial charge in [0, 0.05) is 12.1 Å². The molecule has 0 unspecified atom stereocenters. The lowest BCUT2D eigenvalue weighted by atomic mass is 9.99. The minimum atomic E-state index is -0.678. The smallest absolute Gasteiger partial charge is 0.272 e. The van der Waals surface area contributed by atoms with Gasteiger partial charge in [0.05, 0.1) is 24.0 Å². The van der Waals surface area contributed by atoms with Gasteiger partial charge in [0.2, 0.25) is 0 Å². The van der Waals surface area contributed by atoms with Crippen LogP contribution in [-0.2, 0) is 16.1 Å². The van der Waals surface area contributed by atoms with Crippen LogP contribution in [0.2, 0.25) is 0 Å². The van der Waals surface area contributed by atoms with E-state index in [1.54, 1.807) is 0 Å². The Hall–Kier alpha value is -2.28. The number of nitrogens with zero attached hydrogens (tertiary/aromatic N) is 2. The molecule has 0 aliphatic carbocycles. The van der Waals surface area contributed by atoms with Crippen molar-refractivity contribution in [2.75, 3.05) is 7.11 Å². The largest absolute Gasteiger partial charge is 0.285 e. The number of hydroxylamine groups is 2. The molecule has 0 atom stereocenters. The molecular weight excluding hydrogens is 228 g/mol. The molecule has 1 aliphatic rings. The second-order valence-electron chi connectivity index (χ2n) is 3.45. The van der Waals surface area contributed by atoms with Gasteiger partial charge >= 0.3 is 0 Å². The zero-order chi connectivity index (χ0) is 12.6. The van der Waals surface area contributed by atoms with Gasteiger partial charge in [0.1, 0.15) is 0 Å². The van der Waals surface area contributed by atoms with Gasteiger partial charge in [-0.1, -0.05) is 6.07 Å².